The summed E-state index contributed by atoms with van der Waals surface area (Å²) in [6, 6.07) is 23.8. The zero-order valence-electron chi connectivity index (χ0n) is 13.7. The van der Waals surface area contributed by atoms with Crippen LogP contribution in [-0.2, 0) is 17.9 Å². The number of carbonyl (C=O) groups is 1. The number of fused-ring (bicyclic) bond motifs is 1. The maximum Gasteiger partial charge on any atom is 0.234 e. The Morgan fingerprint density at radius 1 is 0.960 bits per heavy atom. The van der Waals surface area contributed by atoms with Gasteiger partial charge in [-0.25, -0.2) is 0 Å². The molecule has 0 atom stereocenters. The quantitative estimate of drug-likeness (QED) is 0.744. The molecule has 4 heteroatoms. The Balaban J connectivity index is 1.73. The summed E-state index contributed by atoms with van der Waals surface area (Å²) in [5, 5.41) is 13.6. The van der Waals surface area contributed by atoms with E-state index in [1.165, 1.54) is 10.8 Å². The Bertz CT molecular complexity index is 923. The summed E-state index contributed by atoms with van der Waals surface area (Å²) in [6.07, 6.45) is -0.140. The number of nitrogens with one attached hydrogen (secondary N) is 1. The zero-order chi connectivity index (χ0) is 17.5. The average molecular weight is 330 g/mol. The SMILES string of the molecule is N#CCC(=O)NCc1ccccc1OCc1cccc2ccccc12. The van der Waals surface area contributed by atoms with E-state index in [1.807, 2.05) is 48.5 Å². The molecule has 3 aromatic rings. The minimum absolute atomic E-state index is 0.140. The van der Waals surface area contributed by atoms with E-state index in [4.69, 9.17) is 10.00 Å². The van der Waals surface area contributed by atoms with E-state index in [0.717, 1.165) is 16.9 Å². The molecule has 0 aliphatic heterocycles. The van der Waals surface area contributed by atoms with Gasteiger partial charge in [-0.2, -0.15) is 5.26 Å². The molecule has 0 saturated carbocycles. The van der Waals surface area contributed by atoms with Gasteiger partial charge in [0.1, 0.15) is 18.8 Å². The largest absolute Gasteiger partial charge is 0.489 e. The number of rotatable bonds is 6. The van der Waals surface area contributed by atoms with Crippen LogP contribution in [0.15, 0.2) is 66.7 Å². The van der Waals surface area contributed by atoms with Crippen LogP contribution in [0.2, 0.25) is 0 Å². The number of ether oxygens (including phenoxy) is 1. The molecule has 0 radical (unpaired) electrons. The van der Waals surface area contributed by atoms with E-state index < -0.39 is 0 Å². The summed E-state index contributed by atoms with van der Waals surface area (Å²) in [7, 11) is 0. The molecule has 4 nitrogen and oxygen atoms in total. The number of hydrogen-bond acceptors (Lipinski definition) is 3. The summed E-state index contributed by atoms with van der Waals surface area (Å²) in [6.45, 7) is 0.788. The fraction of sp³-hybridized carbons (Fsp3) is 0.143. The molecule has 0 fully saturated rings. The normalized spacial score (nSPS) is 10.2. The van der Waals surface area contributed by atoms with Gasteiger partial charge in [0.2, 0.25) is 5.91 Å². The number of para-hydroxylation sites is 1. The van der Waals surface area contributed by atoms with Gasteiger partial charge in [0.05, 0.1) is 6.07 Å². The molecule has 0 unspecified atom stereocenters. The molecule has 0 aliphatic rings. The van der Waals surface area contributed by atoms with Gasteiger partial charge in [-0.3, -0.25) is 4.79 Å². The standard InChI is InChI=1S/C21H18N2O2/c22-13-12-21(24)23-14-17-7-2-4-11-20(17)25-15-18-9-5-8-16-6-1-3-10-19(16)18/h1-11H,12,14-15H2,(H,23,24). The molecular weight excluding hydrogens is 312 g/mol. The number of carbonyl (C=O) groups excluding carboxylic acids is 1. The van der Waals surface area contributed by atoms with Crippen molar-refractivity contribution in [3.05, 3.63) is 77.9 Å². The van der Waals surface area contributed by atoms with Crippen molar-refractivity contribution < 1.29 is 9.53 Å². The number of hydrogen-bond donors (Lipinski definition) is 1. The van der Waals surface area contributed by atoms with Crippen LogP contribution in [0, 0.1) is 11.3 Å². The predicted molar refractivity (Wildman–Crippen MR) is 96.8 cm³/mol. The highest BCUT2D eigenvalue weighted by molar-refractivity contribution is 5.85. The first-order valence-electron chi connectivity index (χ1n) is 8.09. The van der Waals surface area contributed by atoms with Crippen molar-refractivity contribution in [2.24, 2.45) is 0 Å². The molecule has 0 aliphatic carbocycles. The van der Waals surface area contributed by atoms with E-state index in [9.17, 15) is 4.79 Å². The van der Waals surface area contributed by atoms with E-state index >= 15 is 0 Å². The lowest BCUT2D eigenvalue weighted by molar-refractivity contribution is -0.120. The van der Waals surface area contributed by atoms with E-state index in [-0.39, 0.29) is 12.3 Å². The highest BCUT2D eigenvalue weighted by atomic mass is 16.5. The lowest BCUT2D eigenvalue weighted by atomic mass is 10.1. The van der Waals surface area contributed by atoms with Crippen molar-refractivity contribution in [2.45, 2.75) is 19.6 Å². The van der Waals surface area contributed by atoms with Crippen molar-refractivity contribution in [2.75, 3.05) is 0 Å². The van der Waals surface area contributed by atoms with Gasteiger partial charge in [0.25, 0.3) is 0 Å². The molecule has 25 heavy (non-hydrogen) atoms. The molecule has 0 heterocycles. The van der Waals surface area contributed by atoms with Crippen LogP contribution in [0.1, 0.15) is 17.5 Å². The predicted octanol–water partition coefficient (Wildman–Crippen LogP) is 3.95. The van der Waals surface area contributed by atoms with Gasteiger partial charge in [-0.1, -0.05) is 60.7 Å². The van der Waals surface area contributed by atoms with Crippen LogP contribution in [0.25, 0.3) is 10.8 Å². The van der Waals surface area contributed by atoms with Crippen LogP contribution in [0.5, 0.6) is 5.75 Å². The number of nitriles is 1. The lowest BCUT2D eigenvalue weighted by Gasteiger charge is -2.13. The second-order valence-corrected chi connectivity index (χ2v) is 5.65. The Hall–Kier alpha value is -3.32. The summed E-state index contributed by atoms with van der Waals surface area (Å²) in [5.74, 6) is 0.444. The summed E-state index contributed by atoms with van der Waals surface area (Å²) < 4.78 is 6.01. The van der Waals surface area contributed by atoms with Gasteiger partial charge in [0, 0.05) is 12.1 Å². The van der Waals surface area contributed by atoms with Crippen molar-refractivity contribution in [1.29, 1.82) is 5.26 Å². The molecule has 1 N–H and O–H groups in total. The van der Waals surface area contributed by atoms with Gasteiger partial charge in [0.15, 0.2) is 0 Å². The third-order valence-corrected chi connectivity index (χ3v) is 3.95. The topological polar surface area (TPSA) is 62.1 Å². The van der Waals surface area contributed by atoms with Crippen molar-refractivity contribution in [1.82, 2.24) is 5.32 Å². The Morgan fingerprint density at radius 3 is 2.56 bits per heavy atom. The maximum atomic E-state index is 11.5. The summed E-state index contributed by atoms with van der Waals surface area (Å²) >= 11 is 0. The van der Waals surface area contributed by atoms with Crippen LogP contribution < -0.4 is 10.1 Å². The molecule has 3 rings (SSSR count). The zero-order valence-corrected chi connectivity index (χ0v) is 13.7. The first-order chi connectivity index (χ1) is 12.3. The highest BCUT2D eigenvalue weighted by Crippen LogP contribution is 2.23. The van der Waals surface area contributed by atoms with Crippen molar-refractivity contribution in [3.63, 3.8) is 0 Å². The van der Waals surface area contributed by atoms with Crippen LogP contribution in [0.4, 0.5) is 0 Å². The van der Waals surface area contributed by atoms with Gasteiger partial charge < -0.3 is 10.1 Å². The monoisotopic (exact) mass is 330 g/mol. The molecule has 124 valence electrons. The van der Waals surface area contributed by atoms with E-state index in [1.54, 1.807) is 0 Å². The molecule has 1 amide bonds. The van der Waals surface area contributed by atoms with E-state index in [0.29, 0.717) is 13.2 Å². The highest BCUT2D eigenvalue weighted by Gasteiger charge is 2.07. The Morgan fingerprint density at radius 2 is 1.68 bits per heavy atom. The van der Waals surface area contributed by atoms with E-state index in [2.05, 4.69) is 29.6 Å². The smallest absolute Gasteiger partial charge is 0.234 e. The van der Waals surface area contributed by atoms with Crippen LogP contribution in [-0.4, -0.2) is 5.91 Å². The van der Waals surface area contributed by atoms with Crippen LogP contribution in [0.3, 0.4) is 0 Å². The van der Waals surface area contributed by atoms with Gasteiger partial charge in [-0.15, -0.1) is 0 Å². The fourth-order valence-electron chi connectivity index (χ4n) is 2.69. The van der Waals surface area contributed by atoms with Crippen LogP contribution >= 0.6 is 0 Å². The third kappa shape index (κ3) is 4.15. The summed E-state index contributed by atoms with van der Waals surface area (Å²) in [4.78, 5) is 11.5. The average Bonchev–Trinajstić information content (AvgIpc) is 2.65. The Kier molecular flexibility index (Phi) is 5.28. The second-order valence-electron chi connectivity index (χ2n) is 5.65. The minimum atomic E-state index is -0.286. The molecule has 0 saturated heterocycles. The van der Waals surface area contributed by atoms with Gasteiger partial charge >= 0.3 is 0 Å². The second kappa shape index (κ2) is 7.98. The number of amides is 1. The first kappa shape index (κ1) is 16.5. The molecule has 0 aromatic heterocycles. The summed E-state index contributed by atoms with van der Waals surface area (Å²) in [5.41, 5.74) is 2.00. The number of benzene rings is 3. The van der Waals surface area contributed by atoms with Crippen molar-refractivity contribution in [3.8, 4) is 11.8 Å². The lowest BCUT2D eigenvalue weighted by Crippen LogP contribution is -2.22. The Labute approximate surface area is 146 Å². The number of nitrogens with zero attached hydrogens (tertiary/aromatic N) is 1. The van der Waals surface area contributed by atoms with Gasteiger partial charge in [-0.05, 0) is 22.4 Å². The van der Waals surface area contributed by atoms with Crippen molar-refractivity contribution >= 4 is 16.7 Å². The molecular formula is C21H18N2O2. The molecule has 3 aromatic carbocycles. The third-order valence-electron chi connectivity index (χ3n) is 3.95. The first-order valence-corrected chi connectivity index (χ1v) is 8.09. The molecule has 0 spiro atoms. The molecule has 0 bridgehead atoms. The maximum absolute atomic E-state index is 11.5. The minimum Gasteiger partial charge on any atom is -0.489 e. The fourth-order valence-corrected chi connectivity index (χ4v) is 2.69.